The number of amides is 1. The van der Waals surface area contributed by atoms with E-state index in [1.807, 2.05) is 24.4 Å². The molecular weight excluding hydrogens is 510 g/mol. The van der Waals surface area contributed by atoms with E-state index in [2.05, 4.69) is 38.3 Å². The Hall–Kier alpha value is -3.24. The van der Waals surface area contributed by atoms with Crippen LogP contribution in [0.2, 0.25) is 0 Å². The van der Waals surface area contributed by atoms with Crippen LogP contribution in [0.5, 0.6) is 0 Å². The van der Waals surface area contributed by atoms with E-state index in [0.29, 0.717) is 28.8 Å². The quantitative estimate of drug-likeness (QED) is 0.230. The lowest BCUT2D eigenvalue weighted by molar-refractivity contribution is 0.102. The highest BCUT2D eigenvalue weighted by atomic mass is 32.2. The molecule has 1 amide bonds. The number of anilines is 4. The second-order valence-corrected chi connectivity index (χ2v) is 11.2. The molecule has 1 fully saturated rings. The second kappa shape index (κ2) is 13.2. The average Bonchev–Trinajstić information content (AvgIpc) is 3.44. The van der Waals surface area contributed by atoms with Crippen LogP contribution >= 0.6 is 11.9 Å². The number of carbonyl (C=O) groups excluding carboxylic acids is 1. The maximum atomic E-state index is 13.7. The molecule has 3 aromatic rings. The predicted octanol–water partition coefficient (Wildman–Crippen LogP) is 5.68. The van der Waals surface area contributed by atoms with Crippen LogP contribution in [0.25, 0.3) is 5.69 Å². The number of rotatable bonds is 6. The molecule has 0 spiro atoms. The molecule has 2 aliphatic heterocycles. The van der Waals surface area contributed by atoms with Gasteiger partial charge in [-0.1, -0.05) is 31.7 Å². The normalized spacial score (nSPS) is 18.2. The van der Waals surface area contributed by atoms with Gasteiger partial charge in [-0.3, -0.25) is 4.79 Å². The summed E-state index contributed by atoms with van der Waals surface area (Å²) >= 11 is 1.70. The van der Waals surface area contributed by atoms with Gasteiger partial charge in [0.05, 0.1) is 23.6 Å². The van der Waals surface area contributed by atoms with Crippen LogP contribution in [0.15, 0.2) is 42.6 Å². The standard InChI is InChI=1S/C29H39N7O2S/c1-2-17-39-34-22-9-10-24-26(18-22)35-15-6-8-21(19-35)7-4-3-5-14-30-28-25(36-16-13-23(20-37)33-36)11-12-27(31-28)32-29(24)38/h9-13,16,18,21,34,37H,2-8,14-15,17,19-20H2,1H3,(H2,30,31,32,38). The lowest BCUT2D eigenvalue weighted by Gasteiger charge is -2.36. The first kappa shape index (κ1) is 27.3. The van der Waals surface area contributed by atoms with Crippen molar-refractivity contribution in [1.29, 1.82) is 0 Å². The molecule has 1 saturated heterocycles. The van der Waals surface area contributed by atoms with Crippen LogP contribution in [0.4, 0.5) is 23.0 Å². The molecule has 1 aromatic carbocycles. The third-order valence-electron chi connectivity index (χ3n) is 7.35. The minimum absolute atomic E-state index is 0.122. The van der Waals surface area contributed by atoms with Gasteiger partial charge in [-0.25, -0.2) is 9.67 Å². The lowest BCUT2D eigenvalue weighted by Crippen LogP contribution is -2.36. The molecule has 0 saturated carbocycles. The number of nitrogens with zero attached hydrogens (tertiary/aromatic N) is 4. The Balaban J connectivity index is 1.47. The summed E-state index contributed by atoms with van der Waals surface area (Å²) in [5.74, 6) is 2.64. The predicted molar refractivity (Wildman–Crippen MR) is 160 cm³/mol. The van der Waals surface area contributed by atoms with E-state index in [4.69, 9.17) is 4.98 Å². The van der Waals surface area contributed by atoms with Crippen LogP contribution in [0.3, 0.4) is 0 Å². The highest BCUT2D eigenvalue weighted by Crippen LogP contribution is 2.33. The van der Waals surface area contributed by atoms with Crippen molar-refractivity contribution in [2.75, 3.05) is 45.6 Å². The van der Waals surface area contributed by atoms with Crippen LogP contribution in [0, 0.1) is 5.92 Å². The van der Waals surface area contributed by atoms with E-state index < -0.39 is 0 Å². The summed E-state index contributed by atoms with van der Waals surface area (Å²) in [6.07, 6.45) is 9.91. The summed E-state index contributed by atoms with van der Waals surface area (Å²) in [6, 6.07) is 11.5. The maximum absolute atomic E-state index is 13.7. The number of hydrogen-bond acceptors (Lipinski definition) is 8. The maximum Gasteiger partial charge on any atom is 0.258 e. The molecule has 9 nitrogen and oxygen atoms in total. The number of carbonyl (C=O) groups is 1. The van der Waals surface area contributed by atoms with Gasteiger partial charge < -0.3 is 25.4 Å². The molecule has 10 heteroatoms. The number of aliphatic hydroxyl groups is 1. The molecule has 2 aromatic heterocycles. The molecule has 4 bridgehead atoms. The first-order chi connectivity index (χ1) is 19.1. The lowest BCUT2D eigenvalue weighted by atomic mass is 9.91. The molecule has 208 valence electrons. The zero-order chi connectivity index (χ0) is 27.0. The van der Waals surface area contributed by atoms with E-state index in [9.17, 15) is 9.90 Å². The van der Waals surface area contributed by atoms with Gasteiger partial charge in [0.15, 0.2) is 5.82 Å². The van der Waals surface area contributed by atoms with Gasteiger partial charge in [-0.2, -0.15) is 5.10 Å². The fourth-order valence-corrected chi connectivity index (χ4v) is 5.95. The number of aliphatic hydroxyl groups excluding tert-OH is 1. The average molecular weight is 550 g/mol. The Morgan fingerprint density at radius 2 is 2.00 bits per heavy atom. The first-order valence-electron chi connectivity index (χ1n) is 14.1. The zero-order valence-corrected chi connectivity index (χ0v) is 23.5. The molecular formula is C29H39N7O2S. The van der Waals surface area contributed by atoms with Crippen LogP contribution in [-0.4, -0.2) is 51.2 Å². The van der Waals surface area contributed by atoms with Crippen molar-refractivity contribution in [3.05, 3.63) is 53.9 Å². The molecule has 4 heterocycles. The molecule has 4 N–H and O–H groups in total. The summed E-state index contributed by atoms with van der Waals surface area (Å²) < 4.78 is 5.16. The van der Waals surface area contributed by atoms with Gasteiger partial charge in [0.25, 0.3) is 5.91 Å². The van der Waals surface area contributed by atoms with E-state index in [1.54, 1.807) is 28.8 Å². The summed E-state index contributed by atoms with van der Waals surface area (Å²) in [5, 5.41) is 20.4. The van der Waals surface area contributed by atoms with Gasteiger partial charge in [0.2, 0.25) is 0 Å². The first-order valence-corrected chi connectivity index (χ1v) is 15.1. The third-order valence-corrected chi connectivity index (χ3v) is 8.34. The van der Waals surface area contributed by atoms with Crippen molar-refractivity contribution in [3.63, 3.8) is 0 Å². The summed E-state index contributed by atoms with van der Waals surface area (Å²) in [5.41, 5.74) is 4.03. The summed E-state index contributed by atoms with van der Waals surface area (Å²) in [7, 11) is 0. The molecule has 1 unspecified atom stereocenters. The molecule has 0 aliphatic carbocycles. The fourth-order valence-electron chi connectivity index (χ4n) is 5.35. The molecule has 39 heavy (non-hydrogen) atoms. The number of hydrogen-bond donors (Lipinski definition) is 4. The monoisotopic (exact) mass is 549 g/mol. The van der Waals surface area contributed by atoms with E-state index in [1.165, 1.54) is 19.3 Å². The number of benzene rings is 1. The van der Waals surface area contributed by atoms with Crippen molar-refractivity contribution in [2.45, 2.75) is 58.5 Å². The zero-order valence-electron chi connectivity index (χ0n) is 22.7. The Labute approximate surface area is 234 Å². The Kier molecular flexibility index (Phi) is 9.26. The van der Waals surface area contributed by atoms with Crippen LogP contribution in [0.1, 0.15) is 67.9 Å². The molecule has 0 radical (unpaired) electrons. The van der Waals surface area contributed by atoms with E-state index in [0.717, 1.165) is 68.1 Å². The Bertz CT molecular complexity index is 1260. The molecule has 2 aliphatic rings. The number of aromatic nitrogens is 3. The highest BCUT2D eigenvalue weighted by molar-refractivity contribution is 8.00. The smallest absolute Gasteiger partial charge is 0.258 e. The van der Waals surface area contributed by atoms with Crippen LogP contribution in [-0.2, 0) is 6.61 Å². The number of fused-ring (bicyclic) bond motifs is 6. The summed E-state index contributed by atoms with van der Waals surface area (Å²) in [4.78, 5) is 20.8. The number of piperidine rings is 1. The summed E-state index contributed by atoms with van der Waals surface area (Å²) in [6.45, 7) is 4.79. The third kappa shape index (κ3) is 6.86. The molecule has 5 rings (SSSR count). The van der Waals surface area contributed by atoms with Crippen molar-refractivity contribution >= 4 is 40.9 Å². The fraction of sp³-hybridized carbons (Fsp3) is 0.483. The molecule has 1 atom stereocenters. The van der Waals surface area contributed by atoms with E-state index in [-0.39, 0.29) is 12.5 Å². The van der Waals surface area contributed by atoms with Crippen molar-refractivity contribution in [2.24, 2.45) is 5.92 Å². The highest BCUT2D eigenvalue weighted by Gasteiger charge is 2.25. The minimum Gasteiger partial charge on any atom is -0.390 e. The number of pyridine rings is 1. The second-order valence-electron chi connectivity index (χ2n) is 10.3. The Morgan fingerprint density at radius 1 is 1.10 bits per heavy atom. The van der Waals surface area contributed by atoms with Gasteiger partial charge in [-0.05, 0) is 74.4 Å². The largest absolute Gasteiger partial charge is 0.390 e. The topological polar surface area (TPSA) is 107 Å². The minimum atomic E-state index is -0.167. The SMILES string of the molecule is CCCSNc1ccc2c(c1)N1CCCC(CCCCCNc3nc(ccc3-n3ccc(CO)n3)NC2=O)C1. The van der Waals surface area contributed by atoms with Crippen molar-refractivity contribution < 1.29 is 9.90 Å². The van der Waals surface area contributed by atoms with Gasteiger partial charge in [0.1, 0.15) is 11.5 Å². The van der Waals surface area contributed by atoms with Crippen LogP contribution < -0.4 is 20.3 Å². The van der Waals surface area contributed by atoms with Gasteiger partial charge in [-0.15, -0.1) is 0 Å². The van der Waals surface area contributed by atoms with Gasteiger partial charge in [0, 0.05) is 37.3 Å². The Morgan fingerprint density at radius 3 is 2.85 bits per heavy atom. The van der Waals surface area contributed by atoms with Crippen molar-refractivity contribution in [1.82, 2.24) is 14.8 Å². The number of nitrogens with one attached hydrogen (secondary N) is 3. The van der Waals surface area contributed by atoms with E-state index >= 15 is 0 Å². The van der Waals surface area contributed by atoms with Crippen molar-refractivity contribution in [3.8, 4) is 5.69 Å². The van der Waals surface area contributed by atoms with Gasteiger partial charge >= 0.3 is 0 Å².